The van der Waals surface area contributed by atoms with Crippen LogP contribution in [0.2, 0.25) is 0 Å². The molecule has 0 aliphatic heterocycles. The molecule has 0 radical (unpaired) electrons. The number of carbonyl (C=O) groups excluding carboxylic acids is 2. The van der Waals surface area contributed by atoms with Gasteiger partial charge in [-0.15, -0.1) is 0 Å². The summed E-state index contributed by atoms with van der Waals surface area (Å²) in [6.45, 7) is 10.5. The molecule has 5 nitrogen and oxygen atoms in total. The van der Waals surface area contributed by atoms with Crippen molar-refractivity contribution in [3.05, 3.63) is 35.4 Å². The lowest BCUT2D eigenvalue weighted by molar-refractivity contribution is -0.152. The minimum Gasteiger partial charge on any atom is -0.464 e. The highest BCUT2D eigenvalue weighted by Crippen LogP contribution is 2.30. The molecule has 0 bridgehead atoms. The lowest BCUT2D eigenvalue weighted by Gasteiger charge is -2.35. The maximum atomic E-state index is 12.8. The Balaban J connectivity index is 2.08. The largest absolute Gasteiger partial charge is 0.464 e. The van der Waals surface area contributed by atoms with E-state index >= 15 is 0 Å². The molecule has 0 spiro atoms. The van der Waals surface area contributed by atoms with E-state index < -0.39 is 5.54 Å². The smallest absolute Gasteiger partial charge is 0.331 e. The average Bonchev–Trinajstić information content (AvgIpc) is 2.67. The minimum absolute atomic E-state index is 0.201. The van der Waals surface area contributed by atoms with Gasteiger partial charge in [0.05, 0.1) is 6.61 Å². The number of nitrogens with one attached hydrogen (secondary N) is 1. The van der Waals surface area contributed by atoms with Crippen molar-refractivity contribution >= 4 is 11.9 Å². The Bertz CT molecular complexity index is 619. The third-order valence-corrected chi connectivity index (χ3v) is 5.46. The molecular weight excluding hydrogens is 340 g/mol. The van der Waals surface area contributed by atoms with Gasteiger partial charge in [-0.1, -0.05) is 38.3 Å². The fourth-order valence-corrected chi connectivity index (χ4v) is 3.75. The summed E-state index contributed by atoms with van der Waals surface area (Å²) in [4.78, 5) is 27.7. The molecule has 0 saturated heterocycles. The molecule has 150 valence electrons. The van der Waals surface area contributed by atoms with Crippen LogP contribution >= 0.6 is 0 Å². The molecular formula is C22H34N2O3. The summed E-state index contributed by atoms with van der Waals surface area (Å²) in [5, 5.41) is 3.00. The van der Waals surface area contributed by atoms with Crippen molar-refractivity contribution in [2.75, 3.05) is 13.2 Å². The predicted octanol–water partition coefficient (Wildman–Crippen LogP) is 3.91. The monoisotopic (exact) mass is 374 g/mol. The number of rotatable bonds is 8. The third kappa shape index (κ3) is 5.55. The average molecular weight is 375 g/mol. The summed E-state index contributed by atoms with van der Waals surface area (Å²) >= 11 is 0. The first kappa shape index (κ1) is 21.4. The van der Waals surface area contributed by atoms with Crippen molar-refractivity contribution < 1.29 is 14.3 Å². The number of hydrogen-bond donors (Lipinski definition) is 1. The van der Waals surface area contributed by atoms with E-state index in [4.69, 9.17) is 4.74 Å². The lowest BCUT2D eigenvalue weighted by atomic mass is 9.81. The van der Waals surface area contributed by atoms with E-state index in [0.717, 1.165) is 32.4 Å². The Hall–Kier alpha value is -1.88. The van der Waals surface area contributed by atoms with Crippen LogP contribution in [0.15, 0.2) is 24.3 Å². The zero-order valence-corrected chi connectivity index (χ0v) is 17.2. The molecule has 0 unspecified atom stereocenters. The van der Waals surface area contributed by atoms with E-state index in [2.05, 4.69) is 31.0 Å². The zero-order chi connectivity index (χ0) is 19.9. The van der Waals surface area contributed by atoms with Crippen LogP contribution in [0.4, 0.5) is 0 Å². The fourth-order valence-electron chi connectivity index (χ4n) is 3.75. The summed E-state index contributed by atoms with van der Waals surface area (Å²) in [6, 6.07) is 8.17. The maximum Gasteiger partial charge on any atom is 0.331 e. The Labute approximate surface area is 163 Å². The predicted molar refractivity (Wildman–Crippen MR) is 108 cm³/mol. The van der Waals surface area contributed by atoms with Gasteiger partial charge in [0.25, 0.3) is 5.91 Å². The van der Waals surface area contributed by atoms with Crippen LogP contribution in [0.25, 0.3) is 0 Å². The quantitative estimate of drug-likeness (QED) is 0.701. The molecule has 0 atom stereocenters. The molecule has 1 fully saturated rings. The van der Waals surface area contributed by atoms with E-state index in [0.29, 0.717) is 31.1 Å². The molecule has 2 rings (SSSR count). The first-order chi connectivity index (χ1) is 12.9. The van der Waals surface area contributed by atoms with Gasteiger partial charge in [0.15, 0.2) is 0 Å². The third-order valence-electron chi connectivity index (χ3n) is 5.46. The van der Waals surface area contributed by atoms with Crippen LogP contribution in [0, 0.1) is 0 Å². The summed E-state index contributed by atoms with van der Waals surface area (Å²) in [7, 11) is 0. The van der Waals surface area contributed by atoms with Crippen LogP contribution in [0.1, 0.15) is 75.7 Å². The standard InChI is InChI=1S/C22H34N2O3/c1-5-24(17(3)4)16-18-10-12-19(13-11-18)20(25)23-22(21(26)27-6-2)14-8-7-9-15-22/h10-13,17H,5-9,14-16H2,1-4H3,(H,23,25). The van der Waals surface area contributed by atoms with Gasteiger partial charge in [0.2, 0.25) is 0 Å². The number of benzene rings is 1. The molecule has 27 heavy (non-hydrogen) atoms. The zero-order valence-electron chi connectivity index (χ0n) is 17.2. The first-order valence-electron chi connectivity index (χ1n) is 10.2. The fraction of sp³-hybridized carbons (Fsp3) is 0.636. The number of amides is 1. The lowest BCUT2D eigenvalue weighted by Crippen LogP contribution is -2.56. The van der Waals surface area contributed by atoms with Crippen molar-refractivity contribution in [1.29, 1.82) is 0 Å². The molecule has 1 amide bonds. The second-order valence-electron chi connectivity index (χ2n) is 7.67. The van der Waals surface area contributed by atoms with Gasteiger partial charge < -0.3 is 10.1 Å². The topological polar surface area (TPSA) is 58.6 Å². The van der Waals surface area contributed by atoms with Crippen LogP contribution in [-0.2, 0) is 16.1 Å². The molecule has 1 aromatic rings. The maximum absolute atomic E-state index is 12.8. The van der Waals surface area contributed by atoms with Crippen molar-refractivity contribution in [3.8, 4) is 0 Å². The van der Waals surface area contributed by atoms with Crippen LogP contribution in [0.3, 0.4) is 0 Å². The molecule has 1 aliphatic carbocycles. The first-order valence-corrected chi connectivity index (χ1v) is 10.2. The van der Waals surface area contributed by atoms with E-state index in [-0.39, 0.29) is 11.9 Å². The molecule has 1 aliphatic rings. The van der Waals surface area contributed by atoms with Crippen molar-refractivity contribution in [2.24, 2.45) is 0 Å². The van der Waals surface area contributed by atoms with Crippen molar-refractivity contribution in [3.63, 3.8) is 0 Å². The Morgan fingerprint density at radius 1 is 1.11 bits per heavy atom. The Morgan fingerprint density at radius 2 is 1.74 bits per heavy atom. The number of carbonyl (C=O) groups is 2. The minimum atomic E-state index is -0.874. The van der Waals surface area contributed by atoms with Crippen molar-refractivity contribution in [1.82, 2.24) is 10.2 Å². The van der Waals surface area contributed by atoms with Gasteiger partial charge >= 0.3 is 5.97 Å². The number of nitrogens with zero attached hydrogens (tertiary/aromatic N) is 1. The van der Waals surface area contributed by atoms with Gasteiger partial charge in [-0.2, -0.15) is 0 Å². The van der Waals surface area contributed by atoms with Gasteiger partial charge in [-0.25, -0.2) is 4.79 Å². The second-order valence-corrected chi connectivity index (χ2v) is 7.67. The summed E-state index contributed by atoms with van der Waals surface area (Å²) in [5.74, 6) is -0.502. The van der Waals surface area contributed by atoms with Crippen LogP contribution in [-0.4, -0.2) is 41.5 Å². The van der Waals surface area contributed by atoms with Crippen LogP contribution in [0.5, 0.6) is 0 Å². The molecule has 5 heteroatoms. The van der Waals surface area contributed by atoms with Crippen molar-refractivity contribution in [2.45, 2.75) is 77.9 Å². The van der Waals surface area contributed by atoms with Crippen LogP contribution < -0.4 is 5.32 Å². The molecule has 1 N–H and O–H groups in total. The highest BCUT2D eigenvalue weighted by molar-refractivity contribution is 5.98. The van der Waals surface area contributed by atoms with Gasteiger partial charge in [-0.3, -0.25) is 9.69 Å². The highest BCUT2D eigenvalue weighted by atomic mass is 16.5. The van der Waals surface area contributed by atoms with E-state index in [1.54, 1.807) is 6.92 Å². The van der Waals surface area contributed by atoms with Gasteiger partial charge in [0.1, 0.15) is 5.54 Å². The SMILES string of the molecule is CCOC(=O)C1(NC(=O)c2ccc(CN(CC)C(C)C)cc2)CCCCC1. The Kier molecular flexibility index (Phi) is 7.84. The summed E-state index contributed by atoms with van der Waals surface area (Å²) in [6.07, 6.45) is 4.25. The van der Waals surface area contributed by atoms with Gasteiger partial charge in [0, 0.05) is 18.2 Å². The van der Waals surface area contributed by atoms with E-state index in [1.165, 1.54) is 5.56 Å². The summed E-state index contributed by atoms with van der Waals surface area (Å²) in [5.41, 5.74) is 0.890. The normalized spacial score (nSPS) is 16.4. The highest BCUT2D eigenvalue weighted by Gasteiger charge is 2.42. The summed E-state index contributed by atoms with van der Waals surface area (Å²) < 4.78 is 5.26. The Morgan fingerprint density at radius 3 is 2.26 bits per heavy atom. The number of ether oxygens (including phenoxy) is 1. The second kappa shape index (κ2) is 9.88. The number of esters is 1. The number of hydrogen-bond acceptors (Lipinski definition) is 4. The van der Waals surface area contributed by atoms with E-state index in [1.807, 2.05) is 24.3 Å². The molecule has 0 aromatic heterocycles. The molecule has 1 aromatic carbocycles. The van der Waals surface area contributed by atoms with Gasteiger partial charge in [-0.05, 0) is 57.9 Å². The van der Waals surface area contributed by atoms with E-state index in [9.17, 15) is 9.59 Å². The molecule has 1 saturated carbocycles. The molecule has 0 heterocycles.